The van der Waals surface area contributed by atoms with Crippen LogP contribution in [-0.4, -0.2) is 10.2 Å². The molecule has 0 aliphatic rings. The van der Waals surface area contributed by atoms with E-state index in [1.807, 2.05) is 6.92 Å². The van der Waals surface area contributed by atoms with E-state index in [2.05, 4.69) is 15.5 Å². The highest BCUT2D eigenvalue weighted by Gasteiger charge is 2.13. The van der Waals surface area contributed by atoms with Gasteiger partial charge in [0.2, 0.25) is 0 Å². The summed E-state index contributed by atoms with van der Waals surface area (Å²) in [5, 5.41) is 9.20. The Bertz CT molecular complexity index is 537. The summed E-state index contributed by atoms with van der Waals surface area (Å²) in [5.74, 6) is -3.89. The molecule has 0 saturated carbocycles. The Morgan fingerprint density at radius 1 is 1.24 bits per heavy atom. The Kier molecular flexibility index (Phi) is 3.03. The van der Waals surface area contributed by atoms with Gasteiger partial charge in [0.15, 0.2) is 17.5 Å². The highest BCUT2D eigenvalue weighted by atomic mass is 19.2. The van der Waals surface area contributed by atoms with Crippen LogP contribution in [0.5, 0.6) is 0 Å². The quantitative estimate of drug-likeness (QED) is 0.811. The summed E-state index contributed by atoms with van der Waals surface area (Å²) < 4.78 is 38.9. The van der Waals surface area contributed by atoms with Crippen molar-refractivity contribution < 1.29 is 13.2 Å². The van der Waals surface area contributed by atoms with E-state index < -0.39 is 17.5 Å². The van der Waals surface area contributed by atoms with Crippen LogP contribution in [0, 0.1) is 24.4 Å². The van der Waals surface area contributed by atoms with E-state index in [-0.39, 0.29) is 12.2 Å². The fraction of sp³-hybridized carbons (Fsp3) is 0.182. The van der Waals surface area contributed by atoms with Gasteiger partial charge in [-0.2, -0.15) is 5.10 Å². The molecule has 0 atom stereocenters. The third-order valence-electron chi connectivity index (χ3n) is 2.44. The van der Waals surface area contributed by atoms with Gasteiger partial charge in [-0.3, -0.25) is 5.10 Å². The van der Waals surface area contributed by atoms with Gasteiger partial charge in [0.05, 0.1) is 11.9 Å². The normalized spacial score (nSPS) is 10.6. The van der Waals surface area contributed by atoms with Gasteiger partial charge in [0.25, 0.3) is 0 Å². The highest BCUT2D eigenvalue weighted by Crippen LogP contribution is 2.20. The summed E-state index contributed by atoms with van der Waals surface area (Å²) in [6, 6.07) is 2.03. The molecule has 90 valence electrons. The Labute approximate surface area is 95.7 Å². The Balaban J connectivity index is 2.15. The predicted octanol–water partition coefficient (Wildman–Crippen LogP) is 2.75. The molecule has 2 N–H and O–H groups in total. The number of hydrogen-bond donors (Lipinski definition) is 2. The van der Waals surface area contributed by atoms with E-state index in [4.69, 9.17) is 0 Å². The fourth-order valence-corrected chi connectivity index (χ4v) is 1.41. The lowest BCUT2D eigenvalue weighted by molar-refractivity contribution is 0.449. The van der Waals surface area contributed by atoms with E-state index in [1.54, 1.807) is 6.20 Å². The Hall–Kier alpha value is -1.98. The molecule has 2 aromatic rings. The van der Waals surface area contributed by atoms with Crippen molar-refractivity contribution in [2.24, 2.45) is 0 Å². The lowest BCUT2D eigenvalue weighted by Gasteiger charge is -2.07. The van der Waals surface area contributed by atoms with Crippen LogP contribution in [0.3, 0.4) is 0 Å². The average molecular weight is 241 g/mol. The van der Waals surface area contributed by atoms with Gasteiger partial charge in [-0.05, 0) is 19.1 Å². The first kappa shape index (κ1) is 11.5. The summed E-state index contributed by atoms with van der Waals surface area (Å²) in [4.78, 5) is 0. The van der Waals surface area contributed by atoms with Crippen molar-refractivity contribution in [2.45, 2.75) is 13.5 Å². The van der Waals surface area contributed by atoms with E-state index in [9.17, 15) is 13.2 Å². The topological polar surface area (TPSA) is 40.7 Å². The second kappa shape index (κ2) is 4.48. The molecule has 0 unspecified atom stereocenters. The molecule has 0 radical (unpaired) electrons. The minimum atomic E-state index is -1.47. The number of aromatic amines is 1. The average Bonchev–Trinajstić information content (AvgIpc) is 2.71. The summed E-state index contributed by atoms with van der Waals surface area (Å²) in [5.41, 5.74) is 1.58. The minimum absolute atomic E-state index is 0.0792. The molecular formula is C11H10F3N3. The number of nitrogens with zero attached hydrogens (tertiary/aromatic N) is 1. The second-order valence-electron chi connectivity index (χ2n) is 3.60. The molecular weight excluding hydrogens is 231 g/mol. The number of anilines is 1. The molecule has 0 fully saturated rings. The zero-order valence-electron chi connectivity index (χ0n) is 9.02. The van der Waals surface area contributed by atoms with Crippen molar-refractivity contribution in [1.82, 2.24) is 10.2 Å². The van der Waals surface area contributed by atoms with Gasteiger partial charge in [0, 0.05) is 17.8 Å². The largest absolute Gasteiger partial charge is 0.378 e. The molecule has 0 saturated heterocycles. The maximum Gasteiger partial charge on any atom is 0.196 e. The van der Waals surface area contributed by atoms with Crippen LogP contribution in [-0.2, 0) is 6.54 Å². The number of nitrogens with one attached hydrogen (secondary N) is 2. The van der Waals surface area contributed by atoms with Crippen molar-refractivity contribution in [3.05, 3.63) is 47.0 Å². The van der Waals surface area contributed by atoms with E-state index >= 15 is 0 Å². The van der Waals surface area contributed by atoms with E-state index in [0.717, 1.165) is 23.4 Å². The van der Waals surface area contributed by atoms with Crippen molar-refractivity contribution >= 4 is 5.69 Å². The van der Waals surface area contributed by atoms with Crippen LogP contribution in [0.2, 0.25) is 0 Å². The number of aromatic nitrogens is 2. The van der Waals surface area contributed by atoms with Crippen LogP contribution in [0.1, 0.15) is 11.3 Å². The molecule has 17 heavy (non-hydrogen) atoms. The van der Waals surface area contributed by atoms with Crippen LogP contribution < -0.4 is 5.32 Å². The Morgan fingerprint density at radius 3 is 2.65 bits per heavy atom. The number of halogens is 3. The number of hydrogen-bond acceptors (Lipinski definition) is 2. The molecule has 3 nitrogen and oxygen atoms in total. The van der Waals surface area contributed by atoms with Gasteiger partial charge in [-0.25, -0.2) is 13.2 Å². The lowest BCUT2D eigenvalue weighted by atomic mass is 10.2. The third kappa shape index (κ3) is 2.25. The fourth-order valence-electron chi connectivity index (χ4n) is 1.41. The van der Waals surface area contributed by atoms with Gasteiger partial charge >= 0.3 is 0 Å². The van der Waals surface area contributed by atoms with Gasteiger partial charge in [0.1, 0.15) is 0 Å². The maximum absolute atomic E-state index is 13.3. The molecule has 0 bridgehead atoms. The van der Waals surface area contributed by atoms with Crippen molar-refractivity contribution in [3.63, 3.8) is 0 Å². The van der Waals surface area contributed by atoms with Crippen LogP contribution in [0.15, 0.2) is 18.3 Å². The molecule has 0 amide bonds. The minimum Gasteiger partial charge on any atom is -0.378 e. The van der Waals surface area contributed by atoms with Gasteiger partial charge in [-0.1, -0.05) is 0 Å². The predicted molar refractivity (Wildman–Crippen MR) is 57.0 cm³/mol. The third-order valence-corrected chi connectivity index (χ3v) is 2.44. The summed E-state index contributed by atoms with van der Waals surface area (Å²) >= 11 is 0. The Morgan fingerprint density at radius 2 is 2.00 bits per heavy atom. The monoisotopic (exact) mass is 241 g/mol. The molecule has 1 heterocycles. The number of H-pyrrole nitrogens is 1. The molecule has 1 aromatic carbocycles. The van der Waals surface area contributed by atoms with Crippen molar-refractivity contribution in [2.75, 3.05) is 5.32 Å². The first-order valence-electron chi connectivity index (χ1n) is 4.96. The maximum atomic E-state index is 13.3. The second-order valence-corrected chi connectivity index (χ2v) is 3.60. The van der Waals surface area contributed by atoms with Crippen LogP contribution in [0.4, 0.5) is 18.9 Å². The van der Waals surface area contributed by atoms with Crippen LogP contribution in [0.25, 0.3) is 0 Å². The molecule has 0 aliphatic carbocycles. The first-order chi connectivity index (χ1) is 8.09. The van der Waals surface area contributed by atoms with Gasteiger partial charge in [-0.15, -0.1) is 0 Å². The standard InChI is InChI=1S/C11H10F3N3/c1-6-7(5-16-17-6)4-15-9-3-2-8(12)10(13)11(9)14/h2-3,5,15H,4H2,1H3,(H,16,17). The zero-order chi connectivity index (χ0) is 12.4. The molecule has 0 spiro atoms. The summed E-state index contributed by atoms with van der Waals surface area (Å²) in [7, 11) is 0. The van der Waals surface area contributed by atoms with Crippen molar-refractivity contribution in [3.8, 4) is 0 Å². The number of aryl methyl sites for hydroxylation is 1. The lowest BCUT2D eigenvalue weighted by Crippen LogP contribution is -2.04. The molecule has 1 aromatic heterocycles. The molecule has 2 rings (SSSR count). The van der Waals surface area contributed by atoms with E-state index in [0.29, 0.717) is 0 Å². The number of benzene rings is 1. The van der Waals surface area contributed by atoms with Crippen molar-refractivity contribution in [1.29, 1.82) is 0 Å². The van der Waals surface area contributed by atoms with Gasteiger partial charge < -0.3 is 5.32 Å². The first-order valence-corrected chi connectivity index (χ1v) is 4.96. The van der Waals surface area contributed by atoms with Crippen LogP contribution >= 0.6 is 0 Å². The molecule has 0 aliphatic heterocycles. The summed E-state index contributed by atoms with van der Waals surface area (Å²) in [6.45, 7) is 2.09. The SMILES string of the molecule is Cc1[nH]ncc1CNc1ccc(F)c(F)c1F. The van der Waals surface area contributed by atoms with E-state index in [1.165, 1.54) is 0 Å². The molecule has 6 heteroatoms. The smallest absolute Gasteiger partial charge is 0.196 e. The zero-order valence-corrected chi connectivity index (χ0v) is 9.02. The number of rotatable bonds is 3. The summed E-state index contributed by atoms with van der Waals surface area (Å²) in [6.07, 6.45) is 1.58. The highest BCUT2D eigenvalue weighted by molar-refractivity contribution is 5.46.